The van der Waals surface area contributed by atoms with Crippen LogP contribution in [0.25, 0.3) is 0 Å². The zero-order valence-electron chi connectivity index (χ0n) is 13.3. The molecule has 0 bridgehead atoms. The molecule has 1 atom stereocenters. The fourth-order valence-corrected chi connectivity index (χ4v) is 3.04. The maximum absolute atomic E-state index is 12.3. The minimum Gasteiger partial charge on any atom is -0.354 e. The zero-order chi connectivity index (χ0) is 15.6. The summed E-state index contributed by atoms with van der Waals surface area (Å²) in [5, 5.41) is 3.05. The monoisotopic (exact) mass is 330 g/mol. The molecule has 0 aromatic heterocycles. The molecule has 1 aliphatic rings. The molecule has 23 heavy (non-hydrogen) atoms. The number of hydrogen-bond donors (Lipinski definition) is 2. The molecule has 0 radical (unpaired) electrons. The standard InChI is InChI=1S/C19H22N2O.ClH/c1-14-7-5-6-10-16(14)19(11-12-19)13-21-18(22)17(20)15-8-3-2-4-9-15;/h2-10,17H,11-13,20H2,1H3,(H,21,22);1H. The Labute approximate surface area is 143 Å². The lowest BCUT2D eigenvalue weighted by Gasteiger charge is -2.20. The molecule has 3 rings (SSSR count). The van der Waals surface area contributed by atoms with Gasteiger partial charge in [-0.25, -0.2) is 0 Å². The molecule has 3 N–H and O–H groups in total. The molecule has 2 aromatic rings. The summed E-state index contributed by atoms with van der Waals surface area (Å²) in [7, 11) is 0. The van der Waals surface area contributed by atoms with Crippen LogP contribution in [0.3, 0.4) is 0 Å². The molecule has 3 nitrogen and oxygen atoms in total. The van der Waals surface area contributed by atoms with E-state index < -0.39 is 6.04 Å². The summed E-state index contributed by atoms with van der Waals surface area (Å²) < 4.78 is 0. The third-order valence-electron chi connectivity index (χ3n) is 4.61. The second kappa shape index (κ2) is 7.16. The van der Waals surface area contributed by atoms with Gasteiger partial charge in [0.1, 0.15) is 6.04 Å². The van der Waals surface area contributed by atoms with E-state index in [0.717, 1.165) is 18.4 Å². The first kappa shape index (κ1) is 17.5. The van der Waals surface area contributed by atoms with Gasteiger partial charge in [0, 0.05) is 12.0 Å². The number of benzene rings is 2. The molecule has 4 heteroatoms. The van der Waals surface area contributed by atoms with Crippen molar-refractivity contribution in [1.82, 2.24) is 5.32 Å². The summed E-state index contributed by atoms with van der Waals surface area (Å²) in [6.07, 6.45) is 2.25. The molecule has 0 spiro atoms. The van der Waals surface area contributed by atoms with Gasteiger partial charge in [-0.3, -0.25) is 4.79 Å². The second-order valence-corrected chi connectivity index (χ2v) is 6.20. The van der Waals surface area contributed by atoms with Crippen molar-refractivity contribution in [1.29, 1.82) is 0 Å². The lowest BCUT2D eigenvalue weighted by atomic mass is 9.91. The lowest BCUT2D eigenvalue weighted by Crippen LogP contribution is -2.38. The molecule has 0 aliphatic heterocycles. The van der Waals surface area contributed by atoms with E-state index in [0.29, 0.717) is 6.54 Å². The summed E-state index contributed by atoms with van der Waals surface area (Å²) in [5.74, 6) is -0.106. The van der Waals surface area contributed by atoms with E-state index in [9.17, 15) is 4.79 Å². The molecular formula is C19H23ClN2O. The van der Waals surface area contributed by atoms with Gasteiger partial charge in [0.15, 0.2) is 0 Å². The van der Waals surface area contributed by atoms with Crippen molar-refractivity contribution >= 4 is 18.3 Å². The smallest absolute Gasteiger partial charge is 0.241 e. The van der Waals surface area contributed by atoms with E-state index in [4.69, 9.17) is 5.73 Å². The molecule has 0 heterocycles. The van der Waals surface area contributed by atoms with E-state index in [2.05, 4.69) is 36.5 Å². The Morgan fingerprint density at radius 2 is 1.74 bits per heavy atom. The molecule has 1 aliphatic carbocycles. The van der Waals surface area contributed by atoms with Crippen LogP contribution in [0, 0.1) is 6.92 Å². The summed E-state index contributed by atoms with van der Waals surface area (Å²) in [4.78, 5) is 12.3. The van der Waals surface area contributed by atoms with Gasteiger partial charge in [0.05, 0.1) is 0 Å². The summed E-state index contributed by atoms with van der Waals surface area (Å²) in [6.45, 7) is 2.80. The van der Waals surface area contributed by atoms with Crippen molar-refractivity contribution < 1.29 is 4.79 Å². The van der Waals surface area contributed by atoms with Crippen LogP contribution in [0.2, 0.25) is 0 Å². The zero-order valence-corrected chi connectivity index (χ0v) is 14.1. The Balaban J connectivity index is 0.00000192. The molecule has 2 aromatic carbocycles. The summed E-state index contributed by atoms with van der Waals surface area (Å²) >= 11 is 0. The Morgan fingerprint density at radius 3 is 2.35 bits per heavy atom. The van der Waals surface area contributed by atoms with Gasteiger partial charge in [-0.15, -0.1) is 12.4 Å². The van der Waals surface area contributed by atoms with Gasteiger partial charge < -0.3 is 11.1 Å². The number of nitrogens with two attached hydrogens (primary N) is 1. The van der Waals surface area contributed by atoms with Crippen molar-refractivity contribution in [2.45, 2.75) is 31.2 Å². The summed E-state index contributed by atoms with van der Waals surface area (Å²) in [5.41, 5.74) is 9.64. The number of amides is 1. The fourth-order valence-electron chi connectivity index (χ4n) is 3.04. The van der Waals surface area contributed by atoms with Crippen molar-refractivity contribution in [2.75, 3.05) is 6.54 Å². The van der Waals surface area contributed by atoms with Gasteiger partial charge in [0.25, 0.3) is 0 Å². The first-order valence-corrected chi connectivity index (χ1v) is 7.77. The third kappa shape index (κ3) is 3.74. The Hall–Kier alpha value is -1.84. The van der Waals surface area contributed by atoms with E-state index in [1.807, 2.05) is 30.3 Å². The average molecular weight is 331 g/mol. The highest BCUT2D eigenvalue weighted by Crippen LogP contribution is 2.48. The predicted octanol–water partition coefficient (Wildman–Crippen LogP) is 3.26. The Kier molecular flexibility index (Phi) is 5.45. The van der Waals surface area contributed by atoms with Crippen molar-refractivity contribution in [3.05, 3.63) is 71.3 Å². The number of rotatable bonds is 5. The molecule has 122 valence electrons. The molecule has 0 saturated heterocycles. The van der Waals surface area contributed by atoms with Gasteiger partial charge in [-0.2, -0.15) is 0 Å². The molecule has 1 fully saturated rings. The number of carbonyl (C=O) groups excluding carboxylic acids is 1. The van der Waals surface area contributed by atoms with Crippen LogP contribution >= 0.6 is 12.4 Å². The van der Waals surface area contributed by atoms with Crippen LogP contribution < -0.4 is 11.1 Å². The Morgan fingerprint density at radius 1 is 1.13 bits per heavy atom. The van der Waals surface area contributed by atoms with Gasteiger partial charge in [0.2, 0.25) is 5.91 Å². The molecule has 1 saturated carbocycles. The van der Waals surface area contributed by atoms with Crippen molar-refractivity contribution in [3.63, 3.8) is 0 Å². The van der Waals surface area contributed by atoms with E-state index >= 15 is 0 Å². The number of hydrogen-bond acceptors (Lipinski definition) is 2. The maximum Gasteiger partial charge on any atom is 0.241 e. The number of halogens is 1. The number of carbonyl (C=O) groups is 1. The third-order valence-corrected chi connectivity index (χ3v) is 4.61. The minimum absolute atomic E-state index is 0. The first-order valence-electron chi connectivity index (χ1n) is 7.77. The van der Waals surface area contributed by atoms with E-state index in [-0.39, 0.29) is 23.7 Å². The van der Waals surface area contributed by atoms with Gasteiger partial charge in [-0.1, -0.05) is 54.6 Å². The fraction of sp³-hybridized carbons (Fsp3) is 0.316. The van der Waals surface area contributed by atoms with Crippen molar-refractivity contribution in [3.8, 4) is 0 Å². The highest BCUT2D eigenvalue weighted by molar-refractivity contribution is 5.85. The minimum atomic E-state index is -0.603. The largest absolute Gasteiger partial charge is 0.354 e. The first-order chi connectivity index (χ1) is 10.6. The average Bonchev–Trinajstić information content (AvgIpc) is 3.34. The number of nitrogens with one attached hydrogen (secondary N) is 1. The van der Waals surface area contributed by atoms with Gasteiger partial charge >= 0.3 is 0 Å². The van der Waals surface area contributed by atoms with E-state index in [1.165, 1.54) is 11.1 Å². The van der Waals surface area contributed by atoms with Crippen LogP contribution in [-0.2, 0) is 10.2 Å². The van der Waals surface area contributed by atoms with Crippen molar-refractivity contribution in [2.24, 2.45) is 5.73 Å². The van der Waals surface area contributed by atoms with Crippen LogP contribution in [0.1, 0.15) is 35.6 Å². The highest BCUT2D eigenvalue weighted by atomic mass is 35.5. The quantitative estimate of drug-likeness (QED) is 0.884. The van der Waals surface area contributed by atoms with Crippen LogP contribution in [0.4, 0.5) is 0 Å². The molecule has 1 unspecified atom stereocenters. The molecule has 1 amide bonds. The highest BCUT2D eigenvalue weighted by Gasteiger charge is 2.45. The molecular weight excluding hydrogens is 308 g/mol. The topological polar surface area (TPSA) is 55.1 Å². The number of aryl methyl sites for hydroxylation is 1. The summed E-state index contributed by atoms with van der Waals surface area (Å²) in [6, 6.07) is 17.3. The predicted molar refractivity (Wildman–Crippen MR) is 95.7 cm³/mol. The van der Waals surface area contributed by atoms with Gasteiger partial charge in [-0.05, 0) is 36.5 Å². The Bertz CT molecular complexity index is 668. The normalized spacial score (nSPS) is 16.1. The second-order valence-electron chi connectivity index (χ2n) is 6.20. The van der Waals surface area contributed by atoms with Crippen LogP contribution in [0.5, 0.6) is 0 Å². The lowest BCUT2D eigenvalue weighted by molar-refractivity contribution is -0.122. The van der Waals surface area contributed by atoms with Crippen LogP contribution in [-0.4, -0.2) is 12.5 Å². The maximum atomic E-state index is 12.3. The SMILES string of the molecule is Cc1ccccc1C1(CNC(=O)C(N)c2ccccc2)CC1.Cl. The van der Waals surface area contributed by atoms with Crippen LogP contribution in [0.15, 0.2) is 54.6 Å². The van der Waals surface area contributed by atoms with E-state index in [1.54, 1.807) is 0 Å².